The topological polar surface area (TPSA) is 71.4 Å². The maximum atomic E-state index is 9.32. The van der Waals surface area contributed by atoms with Gasteiger partial charge in [0.15, 0.2) is 4.67 Å². The Hall–Kier alpha value is 0.120. The normalized spacial score (nSPS) is 16.8. The van der Waals surface area contributed by atoms with Crippen LogP contribution in [0.3, 0.4) is 0 Å². The van der Waals surface area contributed by atoms with Gasteiger partial charge in [0.05, 0.1) is 16.6 Å². The smallest absolute Gasteiger partial charge is 0.183 e. The molecule has 4 nitrogen and oxygen atoms in total. The van der Waals surface area contributed by atoms with E-state index in [2.05, 4.69) is 37.2 Å². The third-order valence-corrected chi connectivity index (χ3v) is 4.13. The summed E-state index contributed by atoms with van der Waals surface area (Å²) < 4.78 is 7.07. The van der Waals surface area contributed by atoms with Crippen molar-refractivity contribution in [3.05, 3.63) is 21.0 Å². The number of nitrogens with two attached hydrogens (primary N) is 1. The van der Waals surface area contributed by atoms with Crippen molar-refractivity contribution in [3.8, 4) is 0 Å². The maximum Gasteiger partial charge on any atom is 0.183 e. The number of rotatable bonds is 6. The fourth-order valence-electron chi connectivity index (χ4n) is 1.72. The predicted molar refractivity (Wildman–Crippen MR) is 74.8 cm³/mol. The second kappa shape index (κ2) is 6.89. The minimum Gasteiger partial charge on any atom is -0.451 e. The zero-order chi connectivity index (χ0) is 13.0. The summed E-state index contributed by atoms with van der Waals surface area (Å²) in [6, 6.07) is 2.02. The number of halogens is 2. The summed E-state index contributed by atoms with van der Waals surface area (Å²) >= 11 is 6.67. The number of nitrogens with one attached hydrogen (secondary N) is 1. The van der Waals surface area contributed by atoms with Gasteiger partial charge in [-0.05, 0) is 58.2 Å². The van der Waals surface area contributed by atoms with E-state index in [-0.39, 0.29) is 18.2 Å². The van der Waals surface area contributed by atoms with Crippen molar-refractivity contribution in [1.82, 2.24) is 5.32 Å². The fourth-order valence-corrected chi connectivity index (χ4v) is 2.33. The van der Waals surface area contributed by atoms with Crippen LogP contribution in [0.15, 0.2) is 19.6 Å². The summed E-state index contributed by atoms with van der Waals surface area (Å²) in [6.45, 7) is 4.23. The molecule has 1 heterocycles. The summed E-state index contributed by atoms with van der Waals surface area (Å²) in [5.41, 5.74) is 5.73. The van der Waals surface area contributed by atoms with E-state index in [4.69, 9.17) is 10.2 Å². The Morgan fingerprint density at radius 2 is 2.12 bits per heavy atom. The van der Waals surface area contributed by atoms with Crippen LogP contribution < -0.4 is 11.1 Å². The molecule has 0 aromatic carbocycles. The lowest BCUT2D eigenvalue weighted by Gasteiger charge is -2.21. The van der Waals surface area contributed by atoms with Crippen LogP contribution in [0.25, 0.3) is 0 Å². The van der Waals surface area contributed by atoms with Crippen molar-refractivity contribution in [2.45, 2.75) is 38.5 Å². The van der Waals surface area contributed by atoms with E-state index in [0.29, 0.717) is 17.6 Å². The SMILES string of the molecule is CC(O)CC(C)NC(CN)c1cc(Br)c(Br)o1. The molecule has 3 unspecified atom stereocenters. The van der Waals surface area contributed by atoms with E-state index >= 15 is 0 Å². The van der Waals surface area contributed by atoms with Crippen LogP contribution in [0, 0.1) is 0 Å². The predicted octanol–water partition coefficient (Wildman–Crippen LogP) is 2.55. The van der Waals surface area contributed by atoms with Gasteiger partial charge in [0.1, 0.15) is 5.76 Å². The molecule has 0 aliphatic rings. The first-order chi connectivity index (χ1) is 7.93. The molecule has 0 spiro atoms. The number of hydrogen-bond donors (Lipinski definition) is 3. The van der Waals surface area contributed by atoms with Gasteiger partial charge in [-0.25, -0.2) is 0 Å². The van der Waals surface area contributed by atoms with Crippen molar-refractivity contribution in [1.29, 1.82) is 0 Å². The first kappa shape index (κ1) is 15.2. The van der Waals surface area contributed by atoms with E-state index in [1.165, 1.54) is 0 Å². The zero-order valence-corrected chi connectivity index (χ0v) is 13.1. The van der Waals surface area contributed by atoms with Crippen molar-refractivity contribution in [3.63, 3.8) is 0 Å². The minimum absolute atomic E-state index is 0.0497. The quantitative estimate of drug-likeness (QED) is 0.720. The molecular weight excluding hydrogens is 352 g/mol. The van der Waals surface area contributed by atoms with Crippen molar-refractivity contribution in [2.24, 2.45) is 5.73 Å². The van der Waals surface area contributed by atoms with Gasteiger partial charge in [0.25, 0.3) is 0 Å². The highest BCUT2D eigenvalue weighted by atomic mass is 79.9. The first-order valence-electron chi connectivity index (χ1n) is 5.53. The molecule has 17 heavy (non-hydrogen) atoms. The molecular formula is C11H18Br2N2O2. The fraction of sp³-hybridized carbons (Fsp3) is 0.636. The largest absolute Gasteiger partial charge is 0.451 e. The Labute approximate surface area is 118 Å². The Kier molecular flexibility index (Phi) is 6.16. The number of aliphatic hydroxyl groups excluding tert-OH is 1. The van der Waals surface area contributed by atoms with E-state index in [1.54, 1.807) is 6.92 Å². The van der Waals surface area contributed by atoms with Gasteiger partial charge in [0, 0.05) is 12.6 Å². The van der Waals surface area contributed by atoms with Crippen molar-refractivity contribution >= 4 is 31.9 Å². The molecule has 0 aliphatic heterocycles. The van der Waals surface area contributed by atoms with Crippen LogP contribution in [0.4, 0.5) is 0 Å². The molecule has 0 radical (unpaired) electrons. The van der Waals surface area contributed by atoms with Crippen LogP contribution in [0.2, 0.25) is 0 Å². The standard InChI is InChI=1S/C11H18Br2N2O2/c1-6(3-7(2)16)15-9(5-14)10-4-8(12)11(13)17-10/h4,6-7,9,15-16H,3,5,14H2,1-2H3. The van der Waals surface area contributed by atoms with E-state index < -0.39 is 0 Å². The third kappa shape index (κ3) is 4.71. The van der Waals surface area contributed by atoms with E-state index in [0.717, 1.165) is 10.2 Å². The molecule has 1 aromatic heterocycles. The van der Waals surface area contributed by atoms with E-state index in [1.807, 2.05) is 13.0 Å². The number of aliphatic hydroxyl groups is 1. The number of hydrogen-bond acceptors (Lipinski definition) is 4. The Balaban J connectivity index is 2.65. The van der Waals surface area contributed by atoms with Gasteiger partial charge < -0.3 is 20.6 Å². The second-order valence-corrected chi connectivity index (χ2v) is 5.79. The van der Waals surface area contributed by atoms with Crippen molar-refractivity contribution in [2.75, 3.05) is 6.54 Å². The summed E-state index contributed by atoms with van der Waals surface area (Å²) in [4.78, 5) is 0. The molecule has 0 fully saturated rings. The van der Waals surface area contributed by atoms with Crippen LogP contribution >= 0.6 is 31.9 Å². The van der Waals surface area contributed by atoms with Gasteiger partial charge >= 0.3 is 0 Å². The molecule has 0 saturated heterocycles. The van der Waals surface area contributed by atoms with Gasteiger partial charge in [-0.2, -0.15) is 0 Å². The average Bonchev–Trinajstić information content (AvgIpc) is 2.54. The molecule has 1 rings (SSSR count). The lowest BCUT2D eigenvalue weighted by molar-refractivity contribution is 0.166. The first-order valence-corrected chi connectivity index (χ1v) is 7.11. The van der Waals surface area contributed by atoms with Crippen molar-refractivity contribution < 1.29 is 9.52 Å². The molecule has 0 aliphatic carbocycles. The van der Waals surface area contributed by atoms with Crippen LogP contribution in [0.5, 0.6) is 0 Å². The lowest BCUT2D eigenvalue weighted by Crippen LogP contribution is -2.36. The number of furan rings is 1. The molecule has 0 saturated carbocycles. The van der Waals surface area contributed by atoms with E-state index in [9.17, 15) is 5.11 Å². The monoisotopic (exact) mass is 368 g/mol. The highest BCUT2D eigenvalue weighted by Gasteiger charge is 2.18. The van der Waals surface area contributed by atoms with Gasteiger partial charge in [-0.1, -0.05) is 0 Å². The Morgan fingerprint density at radius 3 is 2.53 bits per heavy atom. The van der Waals surface area contributed by atoms with Crippen LogP contribution in [0.1, 0.15) is 32.1 Å². The third-order valence-electron chi connectivity index (χ3n) is 2.42. The molecule has 6 heteroatoms. The van der Waals surface area contributed by atoms with Crippen LogP contribution in [-0.4, -0.2) is 23.8 Å². The molecule has 4 N–H and O–H groups in total. The van der Waals surface area contributed by atoms with Gasteiger partial charge in [0.2, 0.25) is 0 Å². The summed E-state index contributed by atoms with van der Waals surface area (Å²) in [5, 5.41) is 12.7. The highest BCUT2D eigenvalue weighted by Crippen LogP contribution is 2.29. The Morgan fingerprint density at radius 1 is 1.47 bits per heavy atom. The molecule has 3 atom stereocenters. The van der Waals surface area contributed by atoms with Gasteiger partial charge in [-0.15, -0.1) is 0 Å². The van der Waals surface area contributed by atoms with Crippen LogP contribution in [-0.2, 0) is 0 Å². The average molecular weight is 370 g/mol. The summed E-state index contributed by atoms with van der Waals surface area (Å²) in [7, 11) is 0. The maximum absolute atomic E-state index is 9.32. The molecule has 0 amide bonds. The van der Waals surface area contributed by atoms with Gasteiger partial charge in [-0.3, -0.25) is 0 Å². The summed E-state index contributed by atoms with van der Waals surface area (Å²) in [5.74, 6) is 0.781. The molecule has 98 valence electrons. The second-order valence-electron chi connectivity index (χ2n) is 4.21. The highest BCUT2D eigenvalue weighted by molar-refractivity contribution is 9.13. The summed E-state index contributed by atoms with van der Waals surface area (Å²) in [6.07, 6.45) is 0.352. The molecule has 0 bridgehead atoms. The Bertz CT molecular complexity index is 336. The zero-order valence-electron chi connectivity index (χ0n) is 9.91. The lowest BCUT2D eigenvalue weighted by atomic mass is 10.1. The minimum atomic E-state index is -0.328. The molecule has 1 aromatic rings.